The van der Waals surface area contributed by atoms with Gasteiger partial charge in [0.05, 0.1) is 11.6 Å². The summed E-state index contributed by atoms with van der Waals surface area (Å²) >= 11 is 0. The lowest BCUT2D eigenvalue weighted by Gasteiger charge is -2.12. The minimum Gasteiger partial charge on any atom is -0.454 e. The lowest BCUT2D eigenvalue weighted by molar-refractivity contribution is 0.441. The second-order valence-corrected chi connectivity index (χ2v) is 5.29. The molecule has 0 aliphatic rings. The van der Waals surface area contributed by atoms with Crippen molar-refractivity contribution in [2.45, 2.75) is 39.5 Å². The maximum Gasteiger partial charge on any atom is 0.167 e. The highest BCUT2D eigenvalue weighted by molar-refractivity contribution is 5.41. The molecule has 0 heterocycles. The van der Waals surface area contributed by atoms with Gasteiger partial charge in [0.25, 0.3) is 0 Å². The van der Waals surface area contributed by atoms with Gasteiger partial charge in [-0.1, -0.05) is 32.8 Å². The Kier molecular flexibility index (Phi) is 5.55. The van der Waals surface area contributed by atoms with Crippen molar-refractivity contribution in [1.82, 2.24) is 0 Å². The van der Waals surface area contributed by atoms with Gasteiger partial charge in [-0.05, 0) is 54.3 Å². The molecular weight excluding hydrogens is 277 g/mol. The number of rotatable bonds is 6. The molecule has 2 aromatic carbocycles. The largest absolute Gasteiger partial charge is 0.454 e. The first kappa shape index (κ1) is 16.0. The molecule has 2 aromatic rings. The minimum absolute atomic E-state index is 0.143. The zero-order valence-electron chi connectivity index (χ0n) is 13.0. The molecule has 0 fully saturated rings. The summed E-state index contributed by atoms with van der Waals surface area (Å²) in [7, 11) is 0. The maximum absolute atomic E-state index is 13.9. The Bertz CT molecular complexity index is 688. The van der Waals surface area contributed by atoms with E-state index in [1.54, 1.807) is 6.07 Å². The molecule has 0 spiro atoms. The number of benzene rings is 2. The van der Waals surface area contributed by atoms with E-state index < -0.39 is 5.82 Å². The van der Waals surface area contributed by atoms with Gasteiger partial charge in [-0.25, -0.2) is 4.39 Å². The molecule has 114 valence electrons. The van der Waals surface area contributed by atoms with E-state index in [9.17, 15) is 4.39 Å². The molecule has 0 unspecified atom stereocenters. The first-order valence-electron chi connectivity index (χ1n) is 7.67. The van der Waals surface area contributed by atoms with Gasteiger partial charge in [-0.3, -0.25) is 0 Å². The third-order valence-electron chi connectivity index (χ3n) is 3.51. The monoisotopic (exact) mass is 297 g/mol. The van der Waals surface area contributed by atoms with Crippen molar-refractivity contribution in [1.29, 1.82) is 5.26 Å². The van der Waals surface area contributed by atoms with Crippen molar-refractivity contribution < 1.29 is 9.13 Å². The van der Waals surface area contributed by atoms with E-state index in [0.717, 1.165) is 25.7 Å². The average molecular weight is 297 g/mol. The molecule has 0 amide bonds. The van der Waals surface area contributed by atoms with Crippen LogP contribution in [-0.2, 0) is 12.8 Å². The van der Waals surface area contributed by atoms with Gasteiger partial charge in [0, 0.05) is 0 Å². The van der Waals surface area contributed by atoms with Gasteiger partial charge in [0.15, 0.2) is 11.6 Å². The Balaban J connectivity index is 2.26. The van der Waals surface area contributed by atoms with Crippen molar-refractivity contribution >= 4 is 0 Å². The summed E-state index contributed by atoms with van der Waals surface area (Å²) in [6, 6.07) is 12.1. The lowest BCUT2D eigenvalue weighted by Crippen LogP contribution is -1.96. The highest BCUT2D eigenvalue weighted by atomic mass is 19.1. The molecule has 2 rings (SSSR count). The molecule has 0 radical (unpaired) electrons. The molecule has 0 aromatic heterocycles. The number of hydrogen-bond acceptors (Lipinski definition) is 2. The van der Waals surface area contributed by atoms with Crippen molar-refractivity contribution in [3.05, 3.63) is 58.9 Å². The van der Waals surface area contributed by atoms with Crippen LogP contribution in [0.2, 0.25) is 0 Å². The van der Waals surface area contributed by atoms with Crippen LogP contribution >= 0.6 is 0 Å². The van der Waals surface area contributed by atoms with Crippen molar-refractivity contribution in [2.75, 3.05) is 0 Å². The van der Waals surface area contributed by atoms with Gasteiger partial charge < -0.3 is 4.74 Å². The molecule has 0 N–H and O–H groups in total. The van der Waals surface area contributed by atoms with Crippen LogP contribution < -0.4 is 4.74 Å². The van der Waals surface area contributed by atoms with E-state index in [2.05, 4.69) is 19.9 Å². The zero-order chi connectivity index (χ0) is 15.9. The normalized spacial score (nSPS) is 10.3. The van der Waals surface area contributed by atoms with Gasteiger partial charge in [0.1, 0.15) is 5.75 Å². The summed E-state index contributed by atoms with van der Waals surface area (Å²) in [5.41, 5.74) is 2.88. The van der Waals surface area contributed by atoms with Gasteiger partial charge >= 0.3 is 0 Å². The van der Waals surface area contributed by atoms with Crippen molar-refractivity contribution in [2.24, 2.45) is 0 Å². The Hall–Kier alpha value is -2.34. The van der Waals surface area contributed by atoms with Crippen molar-refractivity contribution in [3.63, 3.8) is 0 Å². The van der Waals surface area contributed by atoms with E-state index in [0.29, 0.717) is 5.75 Å². The van der Waals surface area contributed by atoms with E-state index in [1.807, 2.05) is 18.2 Å². The fourth-order valence-electron chi connectivity index (χ4n) is 2.46. The molecule has 3 heteroatoms. The molecular formula is C19H20FNO. The van der Waals surface area contributed by atoms with Gasteiger partial charge in [-0.15, -0.1) is 0 Å². The minimum atomic E-state index is -0.520. The van der Waals surface area contributed by atoms with Crippen LogP contribution in [0.1, 0.15) is 43.4 Å². The molecule has 0 aliphatic carbocycles. The standard InChI is InChI=1S/C19H20FNO/c1-3-5-15-8-9-17(12-16(15)6-4-2)22-19-10-7-14(13-21)11-18(19)20/h7-12H,3-6H2,1-2H3. The van der Waals surface area contributed by atoms with Crippen LogP contribution in [0.25, 0.3) is 0 Å². The summed E-state index contributed by atoms with van der Waals surface area (Å²) in [6.45, 7) is 4.30. The summed E-state index contributed by atoms with van der Waals surface area (Å²) < 4.78 is 19.5. The average Bonchev–Trinajstić information content (AvgIpc) is 2.52. The fraction of sp³-hybridized carbons (Fsp3) is 0.316. The Labute approximate surface area is 131 Å². The number of ether oxygens (including phenoxy) is 1. The fourth-order valence-corrected chi connectivity index (χ4v) is 2.46. The topological polar surface area (TPSA) is 33.0 Å². The highest BCUT2D eigenvalue weighted by Gasteiger charge is 2.08. The molecule has 2 nitrogen and oxygen atoms in total. The van der Waals surface area contributed by atoms with Crippen LogP contribution in [0.5, 0.6) is 11.5 Å². The summed E-state index contributed by atoms with van der Waals surface area (Å²) in [5, 5.41) is 8.76. The number of nitriles is 1. The number of aryl methyl sites for hydroxylation is 2. The van der Waals surface area contributed by atoms with Crippen LogP contribution in [-0.4, -0.2) is 0 Å². The number of hydrogen-bond donors (Lipinski definition) is 0. The smallest absolute Gasteiger partial charge is 0.167 e. The molecule has 0 atom stereocenters. The van der Waals surface area contributed by atoms with E-state index >= 15 is 0 Å². The van der Waals surface area contributed by atoms with Crippen LogP contribution in [0.4, 0.5) is 4.39 Å². The van der Waals surface area contributed by atoms with E-state index in [4.69, 9.17) is 10.00 Å². The second-order valence-electron chi connectivity index (χ2n) is 5.29. The molecule has 0 bridgehead atoms. The summed E-state index contributed by atoms with van der Waals surface area (Å²) in [6.07, 6.45) is 4.19. The Morgan fingerprint density at radius 2 is 1.73 bits per heavy atom. The molecule has 0 saturated heterocycles. The third-order valence-corrected chi connectivity index (χ3v) is 3.51. The quantitative estimate of drug-likeness (QED) is 0.715. The third kappa shape index (κ3) is 3.85. The van der Waals surface area contributed by atoms with Crippen molar-refractivity contribution in [3.8, 4) is 17.6 Å². The highest BCUT2D eigenvalue weighted by Crippen LogP contribution is 2.28. The SMILES string of the molecule is CCCc1ccc(Oc2ccc(C#N)cc2F)cc1CCC. The molecule has 0 aliphatic heterocycles. The second kappa shape index (κ2) is 7.61. The van der Waals surface area contributed by atoms with E-state index in [-0.39, 0.29) is 11.3 Å². The Morgan fingerprint density at radius 3 is 2.36 bits per heavy atom. The van der Waals surface area contributed by atoms with Crippen LogP contribution in [0, 0.1) is 17.1 Å². The maximum atomic E-state index is 13.9. The van der Waals surface area contributed by atoms with Gasteiger partial charge in [-0.2, -0.15) is 5.26 Å². The zero-order valence-corrected chi connectivity index (χ0v) is 13.0. The molecule has 22 heavy (non-hydrogen) atoms. The molecule has 0 saturated carbocycles. The van der Waals surface area contributed by atoms with Gasteiger partial charge in [0.2, 0.25) is 0 Å². The summed E-state index contributed by atoms with van der Waals surface area (Å²) in [4.78, 5) is 0. The van der Waals surface area contributed by atoms with E-state index in [1.165, 1.54) is 23.3 Å². The predicted molar refractivity (Wildman–Crippen MR) is 85.6 cm³/mol. The lowest BCUT2D eigenvalue weighted by atomic mass is 9.99. The predicted octanol–water partition coefficient (Wildman–Crippen LogP) is 5.39. The Morgan fingerprint density at radius 1 is 1.00 bits per heavy atom. The first-order valence-corrected chi connectivity index (χ1v) is 7.67. The summed E-state index contributed by atoms with van der Waals surface area (Å²) in [5.74, 6) is 0.255. The number of nitrogens with zero attached hydrogens (tertiary/aromatic N) is 1. The number of halogens is 1. The first-order chi connectivity index (χ1) is 10.7. The van der Waals surface area contributed by atoms with Crippen LogP contribution in [0.3, 0.4) is 0 Å². The van der Waals surface area contributed by atoms with Crippen LogP contribution in [0.15, 0.2) is 36.4 Å².